The first-order valence-electron chi connectivity index (χ1n) is 10.9. The SMILES string of the molecule is CCN(CC)CCn1c(NC(=O)Cn2nc(C(F)(F)F)cc2C2CC2)nc2ccccc21. The quantitative estimate of drug-likeness (QED) is 0.535. The van der Waals surface area contributed by atoms with Crippen molar-refractivity contribution in [3.63, 3.8) is 0 Å². The average Bonchev–Trinajstić information content (AvgIpc) is 3.41. The molecule has 1 N–H and O–H groups in total. The van der Waals surface area contributed by atoms with Crippen LogP contribution in [0.3, 0.4) is 0 Å². The molecule has 0 aliphatic heterocycles. The van der Waals surface area contributed by atoms with E-state index in [-0.39, 0.29) is 12.5 Å². The zero-order valence-corrected chi connectivity index (χ0v) is 18.2. The molecule has 1 aliphatic carbocycles. The molecule has 0 spiro atoms. The molecule has 2 aromatic heterocycles. The number of anilines is 1. The lowest BCUT2D eigenvalue weighted by atomic mass is 10.2. The number of fused-ring (bicyclic) bond motifs is 1. The van der Waals surface area contributed by atoms with Gasteiger partial charge in [-0.1, -0.05) is 26.0 Å². The van der Waals surface area contributed by atoms with E-state index in [0.29, 0.717) is 18.2 Å². The van der Waals surface area contributed by atoms with Crippen LogP contribution in [0.25, 0.3) is 11.0 Å². The number of likely N-dealkylation sites (N-methyl/N-ethyl adjacent to an activating group) is 1. The highest BCUT2D eigenvalue weighted by Crippen LogP contribution is 2.42. The van der Waals surface area contributed by atoms with Crippen molar-refractivity contribution >= 4 is 22.9 Å². The number of carbonyl (C=O) groups excluding carboxylic acids is 1. The van der Waals surface area contributed by atoms with Crippen LogP contribution in [0.1, 0.15) is 44.0 Å². The van der Waals surface area contributed by atoms with Gasteiger partial charge in [0.05, 0.1) is 11.0 Å². The van der Waals surface area contributed by atoms with Crippen LogP contribution in [0.4, 0.5) is 19.1 Å². The van der Waals surface area contributed by atoms with Crippen LogP contribution in [0.2, 0.25) is 0 Å². The predicted molar refractivity (Wildman–Crippen MR) is 115 cm³/mol. The minimum absolute atomic E-state index is 0.0324. The van der Waals surface area contributed by atoms with Crippen molar-refractivity contribution in [1.29, 1.82) is 0 Å². The summed E-state index contributed by atoms with van der Waals surface area (Å²) in [6, 6.07) is 8.65. The van der Waals surface area contributed by atoms with Crippen molar-refractivity contribution in [2.45, 2.75) is 51.9 Å². The molecule has 0 bridgehead atoms. The van der Waals surface area contributed by atoms with E-state index >= 15 is 0 Å². The number of carbonyl (C=O) groups is 1. The number of nitrogens with zero attached hydrogens (tertiary/aromatic N) is 5. The molecule has 172 valence electrons. The first-order chi connectivity index (χ1) is 15.3. The molecule has 7 nitrogen and oxygen atoms in total. The van der Waals surface area contributed by atoms with Gasteiger partial charge in [0.25, 0.3) is 0 Å². The molecular weight excluding hydrogens is 421 g/mol. The Kier molecular flexibility index (Phi) is 6.23. The maximum Gasteiger partial charge on any atom is 0.435 e. The van der Waals surface area contributed by atoms with Crippen LogP contribution < -0.4 is 5.32 Å². The van der Waals surface area contributed by atoms with E-state index in [2.05, 4.69) is 34.1 Å². The summed E-state index contributed by atoms with van der Waals surface area (Å²) in [5, 5.41) is 6.46. The fraction of sp³-hybridized carbons (Fsp3) is 0.500. The second kappa shape index (κ2) is 8.93. The summed E-state index contributed by atoms with van der Waals surface area (Å²) >= 11 is 0. The molecule has 3 aromatic rings. The summed E-state index contributed by atoms with van der Waals surface area (Å²) in [5.74, 6) is -0.0345. The Hall–Kier alpha value is -2.88. The molecule has 1 amide bonds. The summed E-state index contributed by atoms with van der Waals surface area (Å²) < 4.78 is 42.5. The molecule has 0 unspecified atom stereocenters. The molecular formula is C22H27F3N6O. The fourth-order valence-corrected chi connectivity index (χ4v) is 3.88. The van der Waals surface area contributed by atoms with E-state index in [1.807, 2.05) is 28.8 Å². The summed E-state index contributed by atoms with van der Waals surface area (Å²) in [7, 11) is 0. The van der Waals surface area contributed by atoms with Gasteiger partial charge in [-0.3, -0.25) is 14.8 Å². The lowest BCUT2D eigenvalue weighted by Gasteiger charge is -2.19. The summed E-state index contributed by atoms with van der Waals surface area (Å²) in [6.07, 6.45) is -2.92. The Labute approximate surface area is 184 Å². The van der Waals surface area contributed by atoms with Crippen LogP contribution in [0.5, 0.6) is 0 Å². The zero-order valence-electron chi connectivity index (χ0n) is 18.2. The molecule has 4 rings (SSSR count). The molecule has 0 atom stereocenters. The molecule has 10 heteroatoms. The number of alkyl halides is 3. The smallest absolute Gasteiger partial charge is 0.309 e. The van der Waals surface area contributed by atoms with Gasteiger partial charge in [0.2, 0.25) is 11.9 Å². The molecule has 2 heterocycles. The van der Waals surface area contributed by atoms with Gasteiger partial charge in [-0.2, -0.15) is 18.3 Å². The van der Waals surface area contributed by atoms with Gasteiger partial charge < -0.3 is 9.47 Å². The van der Waals surface area contributed by atoms with Gasteiger partial charge in [0, 0.05) is 24.7 Å². The van der Waals surface area contributed by atoms with Gasteiger partial charge in [0.1, 0.15) is 6.54 Å². The third-order valence-electron chi connectivity index (χ3n) is 5.83. The highest BCUT2D eigenvalue weighted by Gasteiger charge is 2.38. The number of imidazole rings is 1. The van der Waals surface area contributed by atoms with Crippen molar-refractivity contribution in [2.24, 2.45) is 0 Å². The van der Waals surface area contributed by atoms with Gasteiger partial charge in [-0.25, -0.2) is 4.98 Å². The van der Waals surface area contributed by atoms with Crippen molar-refractivity contribution in [2.75, 3.05) is 25.0 Å². The van der Waals surface area contributed by atoms with E-state index in [1.165, 1.54) is 4.68 Å². The summed E-state index contributed by atoms with van der Waals surface area (Å²) in [5.41, 5.74) is 1.15. The molecule has 1 saturated carbocycles. The van der Waals surface area contributed by atoms with Gasteiger partial charge in [-0.15, -0.1) is 0 Å². The van der Waals surface area contributed by atoms with Gasteiger partial charge >= 0.3 is 6.18 Å². The molecule has 32 heavy (non-hydrogen) atoms. The first kappa shape index (κ1) is 22.3. The lowest BCUT2D eigenvalue weighted by Crippen LogP contribution is -2.28. The average molecular weight is 448 g/mol. The number of halogens is 3. The fourth-order valence-electron chi connectivity index (χ4n) is 3.88. The van der Waals surface area contributed by atoms with Crippen molar-refractivity contribution < 1.29 is 18.0 Å². The summed E-state index contributed by atoms with van der Waals surface area (Å²) in [4.78, 5) is 19.6. The van der Waals surface area contributed by atoms with Crippen LogP contribution in [0, 0.1) is 0 Å². The van der Waals surface area contributed by atoms with E-state index in [0.717, 1.165) is 49.6 Å². The molecule has 1 fully saturated rings. The monoisotopic (exact) mass is 448 g/mol. The van der Waals surface area contributed by atoms with Crippen molar-refractivity contribution in [3.8, 4) is 0 Å². The third kappa shape index (κ3) is 4.79. The number of hydrogen-bond acceptors (Lipinski definition) is 4. The van der Waals surface area contributed by atoms with E-state index in [1.54, 1.807) is 0 Å². The van der Waals surface area contributed by atoms with E-state index in [4.69, 9.17) is 0 Å². The molecule has 0 saturated heterocycles. The standard InChI is InChI=1S/C22H27F3N6O/c1-3-29(4-2)11-12-30-17-8-6-5-7-16(17)26-21(30)27-20(32)14-31-18(15-9-10-15)13-19(28-31)22(23,24)25/h5-8,13,15H,3-4,9-12,14H2,1-2H3,(H,26,27,32). The number of aromatic nitrogens is 4. The Morgan fingerprint density at radius 2 is 1.94 bits per heavy atom. The zero-order chi connectivity index (χ0) is 22.9. The van der Waals surface area contributed by atoms with Crippen molar-refractivity contribution in [1.82, 2.24) is 24.2 Å². The Morgan fingerprint density at radius 3 is 2.59 bits per heavy atom. The van der Waals surface area contributed by atoms with Crippen LogP contribution in [-0.2, 0) is 24.1 Å². The largest absolute Gasteiger partial charge is 0.435 e. The first-order valence-corrected chi connectivity index (χ1v) is 10.9. The topological polar surface area (TPSA) is 68.0 Å². The minimum atomic E-state index is -4.54. The number of rotatable bonds is 9. The Balaban J connectivity index is 1.55. The number of hydrogen-bond donors (Lipinski definition) is 1. The van der Waals surface area contributed by atoms with Gasteiger partial charge in [-0.05, 0) is 44.1 Å². The molecule has 0 radical (unpaired) electrons. The number of nitrogens with one attached hydrogen (secondary N) is 1. The van der Waals surface area contributed by atoms with Crippen LogP contribution >= 0.6 is 0 Å². The second-order valence-corrected chi connectivity index (χ2v) is 8.03. The number of para-hydroxylation sites is 2. The van der Waals surface area contributed by atoms with E-state index in [9.17, 15) is 18.0 Å². The number of amides is 1. The predicted octanol–water partition coefficient (Wildman–Crippen LogP) is 4.11. The normalized spacial score (nSPS) is 14.4. The Morgan fingerprint density at radius 1 is 1.22 bits per heavy atom. The van der Waals surface area contributed by atoms with Crippen LogP contribution in [0.15, 0.2) is 30.3 Å². The maximum absolute atomic E-state index is 13.1. The highest BCUT2D eigenvalue weighted by molar-refractivity contribution is 5.91. The minimum Gasteiger partial charge on any atom is -0.309 e. The molecule has 1 aliphatic rings. The third-order valence-corrected chi connectivity index (χ3v) is 5.83. The second-order valence-electron chi connectivity index (χ2n) is 8.03. The lowest BCUT2D eigenvalue weighted by molar-refractivity contribution is -0.141. The maximum atomic E-state index is 13.1. The number of benzene rings is 1. The van der Waals surface area contributed by atoms with E-state index < -0.39 is 17.8 Å². The Bertz CT molecular complexity index is 1090. The van der Waals surface area contributed by atoms with Crippen LogP contribution in [-0.4, -0.2) is 49.8 Å². The van der Waals surface area contributed by atoms with Crippen molar-refractivity contribution in [3.05, 3.63) is 41.7 Å². The summed E-state index contributed by atoms with van der Waals surface area (Å²) in [6.45, 7) is 7.14. The van der Waals surface area contributed by atoms with Gasteiger partial charge in [0.15, 0.2) is 5.69 Å². The molecule has 1 aromatic carbocycles. The highest BCUT2D eigenvalue weighted by atomic mass is 19.4.